The zero-order chi connectivity index (χ0) is 9.52. The molecule has 0 bridgehead atoms. The van der Waals surface area contributed by atoms with E-state index in [-0.39, 0.29) is 0 Å². The third-order valence-corrected chi connectivity index (χ3v) is 3.78. The summed E-state index contributed by atoms with van der Waals surface area (Å²) >= 11 is 2.00. The molecule has 0 amide bonds. The van der Waals surface area contributed by atoms with Gasteiger partial charge in [0.15, 0.2) is 0 Å². The molecule has 1 fully saturated rings. The lowest BCUT2D eigenvalue weighted by molar-refractivity contribution is 0.0315. The van der Waals surface area contributed by atoms with E-state index in [0.717, 1.165) is 25.3 Å². The second-order valence-corrected chi connectivity index (χ2v) is 5.18. The van der Waals surface area contributed by atoms with Crippen LogP contribution >= 0.6 is 11.8 Å². The minimum absolute atomic E-state index is 0.513. The Kier molecular flexibility index (Phi) is 5.83. The van der Waals surface area contributed by atoms with Crippen LogP contribution in [-0.2, 0) is 4.74 Å². The van der Waals surface area contributed by atoms with E-state index >= 15 is 0 Å². The molecule has 1 saturated heterocycles. The first kappa shape index (κ1) is 11.3. The fourth-order valence-corrected chi connectivity index (χ4v) is 2.64. The van der Waals surface area contributed by atoms with Crippen LogP contribution in [0.4, 0.5) is 0 Å². The van der Waals surface area contributed by atoms with E-state index in [1.165, 1.54) is 19.3 Å². The third-order valence-electron chi connectivity index (χ3n) is 2.41. The van der Waals surface area contributed by atoms with Gasteiger partial charge in [-0.15, -0.1) is 0 Å². The molecule has 3 heteroatoms. The zero-order valence-electron chi connectivity index (χ0n) is 8.50. The summed E-state index contributed by atoms with van der Waals surface area (Å²) in [4.78, 5) is 0. The number of nitrogens with two attached hydrogens (primary N) is 1. The fourth-order valence-electron chi connectivity index (χ4n) is 1.53. The Bertz CT molecular complexity index is 126. The van der Waals surface area contributed by atoms with Gasteiger partial charge in [-0.05, 0) is 32.2 Å². The smallest absolute Gasteiger partial charge is 0.0665 e. The van der Waals surface area contributed by atoms with E-state index in [9.17, 15) is 0 Å². The molecule has 0 radical (unpaired) electrons. The standard InChI is InChI=1S/C10H21NOS/c1-9(5-6-11)13-8-10-4-2-3-7-12-10/h9-10H,2-8,11H2,1H3. The summed E-state index contributed by atoms with van der Waals surface area (Å²) < 4.78 is 5.65. The van der Waals surface area contributed by atoms with Crippen molar-refractivity contribution >= 4 is 11.8 Å². The number of hydrogen-bond donors (Lipinski definition) is 1. The topological polar surface area (TPSA) is 35.2 Å². The molecule has 0 aromatic rings. The van der Waals surface area contributed by atoms with Crippen LogP contribution in [0.15, 0.2) is 0 Å². The average Bonchev–Trinajstić information content (AvgIpc) is 2.17. The Morgan fingerprint density at radius 3 is 3.00 bits per heavy atom. The van der Waals surface area contributed by atoms with Crippen LogP contribution in [0, 0.1) is 0 Å². The van der Waals surface area contributed by atoms with E-state index in [0.29, 0.717) is 11.4 Å². The van der Waals surface area contributed by atoms with Gasteiger partial charge in [0.2, 0.25) is 0 Å². The molecule has 0 spiro atoms. The van der Waals surface area contributed by atoms with Gasteiger partial charge in [-0.1, -0.05) is 6.92 Å². The molecule has 1 aliphatic heterocycles. The molecule has 0 saturated carbocycles. The predicted octanol–water partition coefficient (Wildman–Crippen LogP) is 2.03. The maximum Gasteiger partial charge on any atom is 0.0665 e. The molecule has 1 rings (SSSR count). The van der Waals surface area contributed by atoms with Gasteiger partial charge < -0.3 is 10.5 Å². The van der Waals surface area contributed by atoms with Gasteiger partial charge in [-0.25, -0.2) is 0 Å². The lowest BCUT2D eigenvalue weighted by atomic mass is 10.1. The van der Waals surface area contributed by atoms with E-state index in [1.807, 2.05) is 11.8 Å². The molecule has 2 nitrogen and oxygen atoms in total. The molecule has 78 valence electrons. The lowest BCUT2D eigenvalue weighted by Crippen LogP contribution is -2.22. The zero-order valence-corrected chi connectivity index (χ0v) is 9.31. The summed E-state index contributed by atoms with van der Waals surface area (Å²) in [6.45, 7) is 4.02. The Morgan fingerprint density at radius 2 is 2.38 bits per heavy atom. The summed E-state index contributed by atoms with van der Waals surface area (Å²) in [6, 6.07) is 0. The molecule has 0 aliphatic carbocycles. The minimum atomic E-state index is 0.513. The van der Waals surface area contributed by atoms with Crippen LogP contribution in [-0.4, -0.2) is 30.3 Å². The highest BCUT2D eigenvalue weighted by Crippen LogP contribution is 2.21. The molecule has 2 unspecified atom stereocenters. The molecule has 1 heterocycles. The van der Waals surface area contributed by atoms with E-state index < -0.39 is 0 Å². The molecule has 0 aromatic carbocycles. The first-order chi connectivity index (χ1) is 6.33. The molecule has 2 atom stereocenters. The molecular weight excluding hydrogens is 182 g/mol. The summed E-state index contributed by atoms with van der Waals surface area (Å²) in [5.74, 6) is 1.15. The molecule has 2 N–H and O–H groups in total. The van der Waals surface area contributed by atoms with Crippen LogP contribution < -0.4 is 5.73 Å². The van der Waals surface area contributed by atoms with Gasteiger partial charge >= 0.3 is 0 Å². The number of hydrogen-bond acceptors (Lipinski definition) is 3. The summed E-state index contributed by atoms with van der Waals surface area (Å²) in [5.41, 5.74) is 5.49. The second kappa shape index (κ2) is 6.68. The molecule has 13 heavy (non-hydrogen) atoms. The van der Waals surface area contributed by atoms with E-state index in [1.54, 1.807) is 0 Å². The number of rotatable bonds is 5. The highest BCUT2D eigenvalue weighted by atomic mass is 32.2. The Hall–Kier alpha value is 0.270. The summed E-state index contributed by atoms with van der Waals surface area (Å²) in [7, 11) is 0. The van der Waals surface area contributed by atoms with Crippen molar-refractivity contribution in [2.75, 3.05) is 18.9 Å². The van der Waals surface area contributed by atoms with Gasteiger partial charge in [-0.2, -0.15) is 11.8 Å². The number of ether oxygens (including phenoxy) is 1. The summed E-state index contributed by atoms with van der Waals surface area (Å²) in [6.07, 6.45) is 5.48. The van der Waals surface area contributed by atoms with Crippen LogP contribution in [0.5, 0.6) is 0 Å². The first-order valence-electron chi connectivity index (χ1n) is 5.26. The van der Waals surface area contributed by atoms with Crippen molar-refractivity contribution in [2.24, 2.45) is 5.73 Å². The maximum atomic E-state index is 5.65. The van der Waals surface area contributed by atoms with Gasteiger partial charge in [0, 0.05) is 17.6 Å². The van der Waals surface area contributed by atoms with E-state index in [4.69, 9.17) is 10.5 Å². The van der Waals surface area contributed by atoms with Crippen molar-refractivity contribution < 1.29 is 4.74 Å². The Labute approximate surface area is 85.6 Å². The Morgan fingerprint density at radius 1 is 1.54 bits per heavy atom. The Balaban J connectivity index is 2.03. The highest BCUT2D eigenvalue weighted by Gasteiger charge is 2.14. The highest BCUT2D eigenvalue weighted by molar-refractivity contribution is 7.99. The van der Waals surface area contributed by atoms with Crippen molar-refractivity contribution in [3.8, 4) is 0 Å². The van der Waals surface area contributed by atoms with Crippen molar-refractivity contribution in [3.63, 3.8) is 0 Å². The SMILES string of the molecule is CC(CCN)SCC1CCCCO1. The van der Waals surface area contributed by atoms with E-state index in [2.05, 4.69) is 6.92 Å². The van der Waals surface area contributed by atoms with Crippen LogP contribution in [0.2, 0.25) is 0 Å². The maximum absolute atomic E-state index is 5.65. The lowest BCUT2D eigenvalue weighted by Gasteiger charge is -2.23. The van der Waals surface area contributed by atoms with Crippen molar-refractivity contribution in [1.29, 1.82) is 0 Å². The number of thioether (sulfide) groups is 1. The largest absolute Gasteiger partial charge is 0.377 e. The van der Waals surface area contributed by atoms with Gasteiger partial charge in [0.1, 0.15) is 0 Å². The predicted molar refractivity (Wildman–Crippen MR) is 59.2 cm³/mol. The average molecular weight is 203 g/mol. The van der Waals surface area contributed by atoms with Crippen molar-refractivity contribution in [1.82, 2.24) is 0 Å². The van der Waals surface area contributed by atoms with Crippen molar-refractivity contribution in [2.45, 2.75) is 44.0 Å². The van der Waals surface area contributed by atoms with Crippen LogP contribution in [0.3, 0.4) is 0 Å². The van der Waals surface area contributed by atoms with Crippen LogP contribution in [0.25, 0.3) is 0 Å². The van der Waals surface area contributed by atoms with Crippen LogP contribution in [0.1, 0.15) is 32.6 Å². The van der Waals surface area contributed by atoms with Gasteiger partial charge in [-0.3, -0.25) is 0 Å². The molecule has 1 aliphatic rings. The van der Waals surface area contributed by atoms with Gasteiger partial charge in [0.25, 0.3) is 0 Å². The summed E-state index contributed by atoms with van der Waals surface area (Å²) in [5, 5.41) is 0.690. The normalized spacial score (nSPS) is 25.8. The first-order valence-corrected chi connectivity index (χ1v) is 6.31. The third kappa shape index (κ3) is 4.89. The quantitative estimate of drug-likeness (QED) is 0.742. The monoisotopic (exact) mass is 203 g/mol. The minimum Gasteiger partial charge on any atom is -0.377 e. The molecule has 0 aromatic heterocycles. The fraction of sp³-hybridized carbons (Fsp3) is 1.00. The van der Waals surface area contributed by atoms with Gasteiger partial charge in [0.05, 0.1) is 6.10 Å². The molecular formula is C10H21NOS. The van der Waals surface area contributed by atoms with Crippen molar-refractivity contribution in [3.05, 3.63) is 0 Å². The second-order valence-electron chi connectivity index (χ2n) is 3.71.